The third kappa shape index (κ3) is 3.65. The van der Waals surface area contributed by atoms with Crippen LogP contribution in [0.4, 0.5) is 0 Å². The van der Waals surface area contributed by atoms with Crippen LogP contribution in [0, 0.1) is 11.8 Å². The lowest BCUT2D eigenvalue weighted by Gasteiger charge is -2.06. The lowest BCUT2D eigenvalue weighted by Crippen LogP contribution is -2.06. The van der Waals surface area contributed by atoms with Crippen LogP contribution >= 0.6 is 0 Å². The highest BCUT2D eigenvalue weighted by Crippen LogP contribution is 2.11. The van der Waals surface area contributed by atoms with Crippen molar-refractivity contribution < 1.29 is 9.84 Å². The maximum Gasteiger partial charge on any atom is 0.119 e. The molecular weight excluding hydrogens is 228 g/mol. The largest absolute Gasteiger partial charge is 0.492 e. The Morgan fingerprint density at radius 1 is 1.28 bits per heavy atom. The van der Waals surface area contributed by atoms with Crippen LogP contribution in [0.25, 0.3) is 0 Å². The molecule has 1 aromatic carbocycles. The lowest BCUT2D eigenvalue weighted by molar-refractivity contribution is 0.298. The highest BCUT2D eigenvalue weighted by Gasteiger charge is 1.94. The SMILES string of the molecule is OCC#Cc1ccc(OCCn2ccnc2)cc1. The minimum atomic E-state index is -0.122. The molecule has 0 fully saturated rings. The zero-order valence-corrected chi connectivity index (χ0v) is 9.91. The van der Waals surface area contributed by atoms with Gasteiger partial charge in [0.25, 0.3) is 0 Å². The van der Waals surface area contributed by atoms with E-state index in [-0.39, 0.29) is 6.61 Å². The van der Waals surface area contributed by atoms with Gasteiger partial charge in [0.1, 0.15) is 19.0 Å². The fourth-order valence-corrected chi connectivity index (χ4v) is 1.46. The molecular formula is C14H14N2O2. The smallest absolute Gasteiger partial charge is 0.119 e. The summed E-state index contributed by atoms with van der Waals surface area (Å²) in [6.45, 7) is 1.24. The molecule has 2 aromatic rings. The molecule has 1 heterocycles. The first kappa shape index (κ1) is 12.2. The highest BCUT2D eigenvalue weighted by molar-refractivity contribution is 5.38. The van der Waals surface area contributed by atoms with Gasteiger partial charge in [-0.1, -0.05) is 11.8 Å². The molecule has 4 nitrogen and oxygen atoms in total. The van der Waals surface area contributed by atoms with Crippen molar-refractivity contribution in [2.45, 2.75) is 6.54 Å². The van der Waals surface area contributed by atoms with E-state index in [1.54, 1.807) is 12.5 Å². The van der Waals surface area contributed by atoms with Crippen molar-refractivity contribution in [3.8, 4) is 17.6 Å². The zero-order chi connectivity index (χ0) is 12.6. The van der Waals surface area contributed by atoms with Crippen molar-refractivity contribution in [1.29, 1.82) is 0 Å². The maximum atomic E-state index is 8.58. The van der Waals surface area contributed by atoms with Crippen molar-refractivity contribution in [2.24, 2.45) is 0 Å². The van der Waals surface area contributed by atoms with Crippen LogP contribution in [0.1, 0.15) is 5.56 Å². The molecule has 0 atom stereocenters. The van der Waals surface area contributed by atoms with E-state index in [4.69, 9.17) is 9.84 Å². The van der Waals surface area contributed by atoms with Crippen LogP contribution in [-0.4, -0.2) is 27.9 Å². The second kappa shape index (κ2) is 6.48. The minimum absolute atomic E-state index is 0.122. The van der Waals surface area contributed by atoms with Gasteiger partial charge >= 0.3 is 0 Å². The molecule has 0 aliphatic rings. The standard InChI is InChI=1S/C14H14N2O2/c17-10-1-2-13-3-5-14(6-4-13)18-11-9-16-8-7-15-12-16/h3-8,12,17H,9-11H2. The molecule has 2 rings (SSSR count). The van der Waals surface area contributed by atoms with Gasteiger partial charge in [0.2, 0.25) is 0 Å². The van der Waals surface area contributed by atoms with Crippen molar-refractivity contribution in [2.75, 3.05) is 13.2 Å². The second-order valence-corrected chi connectivity index (χ2v) is 3.63. The lowest BCUT2D eigenvalue weighted by atomic mass is 10.2. The molecule has 1 aromatic heterocycles. The van der Waals surface area contributed by atoms with Crippen LogP contribution in [0.15, 0.2) is 43.0 Å². The fraction of sp³-hybridized carbons (Fsp3) is 0.214. The average Bonchev–Trinajstić information content (AvgIpc) is 2.91. The number of hydrogen-bond donors (Lipinski definition) is 1. The van der Waals surface area contributed by atoms with E-state index < -0.39 is 0 Å². The van der Waals surface area contributed by atoms with Gasteiger partial charge in [0, 0.05) is 18.0 Å². The Morgan fingerprint density at radius 3 is 2.78 bits per heavy atom. The quantitative estimate of drug-likeness (QED) is 0.822. The van der Waals surface area contributed by atoms with Gasteiger partial charge in [-0.3, -0.25) is 0 Å². The van der Waals surface area contributed by atoms with E-state index in [9.17, 15) is 0 Å². The Morgan fingerprint density at radius 2 is 2.11 bits per heavy atom. The molecule has 0 saturated heterocycles. The molecule has 4 heteroatoms. The van der Waals surface area contributed by atoms with E-state index >= 15 is 0 Å². The average molecular weight is 242 g/mol. The van der Waals surface area contributed by atoms with Gasteiger partial charge in [-0.25, -0.2) is 4.98 Å². The molecule has 0 unspecified atom stereocenters. The Bertz CT molecular complexity index is 521. The van der Waals surface area contributed by atoms with Gasteiger partial charge in [-0.2, -0.15) is 0 Å². The van der Waals surface area contributed by atoms with Gasteiger partial charge in [0.05, 0.1) is 12.9 Å². The first-order valence-electron chi connectivity index (χ1n) is 5.67. The van der Waals surface area contributed by atoms with Crippen molar-refractivity contribution in [3.05, 3.63) is 48.5 Å². The molecule has 0 saturated carbocycles. The predicted octanol–water partition coefficient (Wildman–Crippen LogP) is 1.31. The monoisotopic (exact) mass is 242 g/mol. The molecule has 18 heavy (non-hydrogen) atoms. The Hall–Kier alpha value is -2.25. The Kier molecular flexibility index (Phi) is 4.39. The van der Waals surface area contributed by atoms with E-state index in [0.717, 1.165) is 17.9 Å². The van der Waals surface area contributed by atoms with Crippen molar-refractivity contribution in [3.63, 3.8) is 0 Å². The van der Waals surface area contributed by atoms with Crippen LogP contribution in [-0.2, 0) is 6.54 Å². The number of imidazole rings is 1. The van der Waals surface area contributed by atoms with Crippen LogP contribution in [0.2, 0.25) is 0 Å². The molecule has 0 spiro atoms. The number of nitrogens with zero attached hydrogens (tertiary/aromatic N) is 2. The van der Waals surface area contributed by atoms with Gasteiger partial charge in [-0.15, -0.1) is 0 Å². The van der Waals surface area contributed by atoms with E-state index in [2.05, 4.69) is 16.8 Å². The Labute approximate surface area is 106 Å². The molecule has 92 valence electrons. The van der Waals surface area contributed by atoms with E-state index in [1.807, 2.05) is 35.0 Å². The molecule has 0 amide bonds. The first-order valence-corrected chi connectivity index (χ1v) is 5.67. The van der Waals surface area contributed by atoms with Gasteiger partial charge < -0.3 is 14.4 Å². The van der Waals surface area contributed by atoms with Crippen LogP contribution < -0.4 is 4.74 Å². The summed E-state index contributed by atoms with van der Waals surface area (Å²) < 4.78 is 7.55. The summed E-state index contributed by atoms with van der Waals surface area (Å²) in [5.41, 5.74) is 0.867. The van der Waals surface area contributed by atoms with Crippen LogP contribution in [0.5, 0.6) is 5.75 Å². The normalized spacial score (nSPS) is 9.61. The summed E-state index contributed by atoms with van der Waals surface area (Å²) >= 11 is 0. The second-order valence-electron chi connectivity index (χ2n) is 3.63. The number of hydrogen-bond acceptors (Lipinski definition) is 3. The number of aliphatic hydroxyl groups excluding tert-OH is 1. The number of aromatic nitrogens is 2. The van der Waals surface area contributed by atoms with Gasteiger partial charge in [-0.05, 0) is 24.3 Å². The number of benzene rings is 1. The summed E-state index contributed by atoms with van der Waals surface area (Å²) in [6.07, 6.45) is 5.41. The molecule has 0 aliphatic carbocycles. The maximum absolute atomic E-state index is 8.58. The summed E-state index contributed by atoms with van der Waals surface area (Å²) in [6, 6.07) is 7.48. The van der Waals surface area contributed by atoms with E-state index in [0.29, 0.717) is 6.61 Å². The highest BCUT2D eigenvalue weighted by atomic mass is 16.5. The van der Waals surface area contributed by atoms with Crippen molar-refractivity contribution in [1.82, 2.24) is 9.55 Å². The van der Waals surface area contributed by atoms with E-state index in [1.165, 1.54) is 0 Å². The Balaban J connectivity index is 1.83. The minimum Gasteiger partial charge on any atom is -0.492 e. The number of aliphatic hydroxyl groups is 1. The van der Waals surface area contributed by atoms with Gasteiger partial charge in [0.15, 0.2) is 0 Å². The van der Waals surface area contributed by atoms with Crippen molar-refractivity contribution >= 4 is 0 Å². The fourth-order valence-electron chi connectivity index (χ4n) is 1.46. The van der Waals surface area contributed by atoms with Crippen LogP contribution in [0.3, 0.4) is 0 Å². The topological polar surface area (TPSA) is 47.3 Å². The summed E-state index contributed by atoms with van der Waals surface area (Å²) in [5, 5.41) is 8.58. The first-order chi connectivity index (χ1) is 8.88. The summed E-state index contributed by atoms with van der Waals surface area (Å²) in [4.78, 5) is 3.96. The summed E-state index contributed by atoms with van der Waals surface area (Å²) in [7, 11) is 0. The third-order valence-electron chi connectivity index (χ3n) is 2.34. The molecule has 1 N–H and O–H groups in total. The summed E-state index contributed by atoms with van der Waals surface area (Å²) in [5.74, 6) is 6.24. The predicted molar refractivity (Wildman–Crippen MR) is 68.1 cm³/mol. The zero-order valence-electron chi connectivity index (χ0n) is 9.91. The molecule has 0 radical (unpaired) electrons. The molecule has 0 aliphatic heterocycles. The number of ether oxygens (including phenoxy) is 1. The third-order valence-corrected chi connectivity index (χ3v) is 2.34. The number of rotatable bonds is 4. The molecule has 0 bridgehead atoms.